The van der Waals surface area contributed by atoms with Crippen molar-refractivity contribution in [1.29, 1.82) is 0 Å². The van der Waals surface area contributed by atoms with Gasteiger partial charge in [0.15, 0.2) is 11.5 Å². The third-order valence-electron chi connectivity index (χ3n) is 4.66. The maximum Gasteiger partial charge on any atom is 0.310 e. The Morgan fingerprint density at radius 1 is 1.36 bits per heavy atom. The van der Waals surface area contributed by atoms with Crippen LogP contribution in [0.15, 0.2) is 18.2 Å². The van der Waals surface area contributed by atoms with Crippen molar-refractivity contribution in [3.63, 3.8) is 0 Å². The molecule has 1 aromatic rings. The zero-order valence-electron chi connectivity index (χ0n) is 13.6. The van der Waals surface area contributed by atoms with Gasteiger partial charge in [0, 0.05) is 18.7 Å². The van der Waals surface area contributed by atoms with E-state index in [4.69, 9.17) is 9.47 Å². The number of benzene rings is 1. The van der Waals surface area contributed by atoms with Gasteiger partial charge in [0.2, 0.25) is 0 Å². The minimum atomic E-state index is -0.683. The van der Waals surface area contributed by atoms with Crippen LogP contribution in [-0.2, 0) is 11.3 Å². The smallest absolute Gasteiger partial charge is 0.310 e. The van der Waals surface area contributed by atoms with Crippen molar-refractivity contribution in [2.45, 2.75) is 32.7 Å². The van der Waals surface area contributed by atoms with Crippen LogP contribution in [-0.4, -0.2) is 43.3 Å². The Hall–Kier alpha value is -1.75. The van der Waals surface area contributed by atoms with Gasteiger partial charge in [0.05, 0.1) is 19.6 Å². The average molecular weight is 307 g/mol. The Kier molecular flexibility index (Phi) is 5.29. The summed E-state index contributed by atoms with van der Waals surface area (Å²) >= 11 is 0. The lowest BCUT2D eigenvalue weighted by atomic mass is 9.77. The highest BCUT2D eigenvalue weighted by atomic mass is 16.5. The zero-order chi connectivity index (χ0) is 16.2. The molecule has 0 spiro atoms. The summed E-state index contributed by atoms with van der Waals surface area (Å²) in [7, 11) is 3.25. The molecule has 1 saturated heterocycles. The Balaban J connectivity index is 2.19. The van der Waals surface area contributed by atoms with E-state index in [1.807, 2.05) is 25.1 Å². The van der Waals surface area contributed by atoms with Gasteiger partial charge in [-0.3, -0.25) is 9.69 Å². The largest absolute Gasteiger partial charge is 0.493 e. The van der Waals surface area contributed by atoms with Gasteiger partial charge in [-0.25, -0.2) is 0 Å². The van der Waals surface area contributed by atoms with Crippen LogP contribution < -0.4 is 9.47 Å². The van der Waals surface area contributed by atoms with Crippen LogP contribution in [0.4, 0.5) is 0 Å². The lowest BCUT2D eigenvalue weighted by Gasteiger charge is -2.39. The Morgan fingerprint density at radius 3 is 2.73 bits per heavy atom. The summed E-state index contributed by atoms with van der Waals surface area (Å²) in [5.41, 5.74) is 0.406. The lowest BCUT2D eigenvalue weighted by molar-refractivity contribution is -0.153. The first kappa shape index (κ1) is 16.6. The fraction of sp³-hybridized carbons (Fsp3) is 0.588. The molecule has 22 heavy (non-hydrogen) atoms. The summed E-state index contributed by atoms with van der Waals surface area (Å²) in [6.07, 6.45) is 2.32. The van der Waals surface area contributed by atoms with E-state index in [1.165, 1.54) is 0 Å². The quantitative estimate of drug-likeness (QED) is 0.875. The molecule has 0 amide bonds. The summed E-state index contributed by atoms with van der Waals surface area (Å²) in [4.78, 5) is 13.9. The molecule has 1 heterocycles. The van der Waals surface area contributed by atoms with Crippen molar-refractivity contribution in [1.82, 2.24) is 4.90 Å². The first-order chi connectivity index (χ1) is 10.6. The summed E-state index contributed by atoms with van der Waals surface area (Å²) in [5.74, 6) is 0.752. The molecule has 1 aliphatic heterocycles. The van der Waals surface area contributed by atoms with Crippen molar-refractivity contribution in [3.05, 3.63) is 23.8 Å². The lowest BCUT2D eigenvalue weighted by Crippen LogP contribution is -2.47. The van der Waals surface area contributed by atoms with Crippen LogP contribution in [0, 0.1) is 5.41 Å². The molecule has 1 N–H and O–H groups in total. The summed E-state index contributed by atoms with van der Waals surface area (Å²) < 4.78 is 10.8. The standard InChI is InChI=1S/C17H25NO4/c1-4-17(16(19)20)9-6-10-18(12-17)11-13-7-5-8-14(21-2)15(13)22-3/h5,7-8H,4,6,9-12H2,1-3H3,(H,19,20)/t17-/m0/s1. The second-order valence-corrected chi connectivity index (χ2v) is 5.91. The minimum absolute atomic E-state index is 0.583. The van der Waals surface area contributed by atoms with Crippen molar-refractivity contribution in [3.8, 4) is 11.5 Å². The molecule has 0 unspecified atom stereocenters. The average Bonchev–Trinajstić information content (AvgIpc) is 2.54. The summed E-state index contributed by atoms with van der Waals surface area (Å²) in [6.45, 7) is 4.13. The molecule has 5 nitrogen and oxygen atoms in total. The predicted octanol–water partition coefficient (Wildman–Crippen LogP) is 2.78. The second-order valence-electron chi connectivity index (χ2n) is 5.91. The van der Waals surface area contributed by atoms with Crippen LogP contribution in [0.1, 0.15) is 31.7 Å². The van der Waals surface area contributed by atoms with Crippen LogP contribution in [0.2, 0.25) is 0 Å². The monoisotopic (exact) mass is 307 g/mol. The van der Waals surface area contributed by atoms with E-state index in [-0.39, 0.29) is 0 Å². The molecule has 2 rings (SSSR count). The molecule has 0 saturated carbocycles. The number of aliphatic carboxylic acids is 1. The molecule has 1 atom stereocenters. The number of hydrogen-bond donors (Lipinski definition) is 1. The first-order valence-electron chi connectivity index (χ1n) is 7.72. The van der Waals surface area contributed by atoms with Crippen molar-refractivity contribution in [2.75, 3.05) is 27.3 Å². The number of rotatable bonds is 6. The SMILES string of the molecule is CC[C@]1(C(=O)O)CCCN(Cc2cccc(OC)c2OC)C1. The number of ether oxygens (including phenoxy) is 2. The molecule has 0 aliphatic carbocycles. The van der Waals surface area contributed by atoms with E-state index in [0.29, 0.717) is 25.3 Å². The Morgan fingerprint density at radius 2 is 2.14 bits per heavy atom. The van der Waals surface area contributed by atoms with Crippen LogP contribution >= 0.6 is 0 Å². The highest BCUT2D eigenvalue weighted by Gasteiger charge is 2.40. The maximum absolute atomic E-state index is 11.7. The zero-order valence-corrected chi connectivity index (χ0v) is 13.6. The number of piperidine rings is 1. The fourth-order valence-electron chi connectivity index (χ4n) is 3.30. The maximum atomic E-state index is 11.7. The topological polar surface area (TPSA) is 59.0 Å². The number of para-hydroxylation sites is 1. The van der Waals surface area contributed by atoms with E-state index < -0.39 is 11.4 Å². The van der Waals surface area contributed by atoms with Gasteiger partial charge in [-0.15, -0.1) is 0 Å². The number of carboxylic acid groups (broad SMARTS) is 1. The molecule has 1 fully saturated rings. The number of carbonyl (C=O) groups is 1. The van der Waals surface area contributed by atoms with Gasteiger partial charge in [-0.2, -0.15) is 0 Å². The van der Waals surface area contributed by atoms with E-state index >= 15 is 0 Å². The van der Waals surface area contributed by atoms with Gasteiger partial charge in [-0.1, -0.05) is 19.1 Å². The van der Waals surface area contributed by atoms with Gasteiger partial charge in [0.25, 0.3) is 0 Å². The molecular formula is C17H25NO4. The van der Waals surface area contributed by atoms with E-state index in [0.717, 1.165) is 30.7 Å². The second kappa shape index (κ2) is 7.01. The number of likely N-dealkylation sites (tertiary alicyclic amines) is 1. The molecule has 1 aromatic carbocycles. The third kappa shape index (κ3) is 3.19. The number of carboxylic acids is 1. The van der Waals surface area contributed by atoms with Crippen LogP contribution in [0.5, 0.6) is 11.5 Å². The van der Waals surface area contributed by atoms with Gasteiger partial charge >= 0.3 is 5.97 Å². The van der Waals surface area contributed by atoms with Crippen molar-refractivity contribution in [2.24, 2.45) is 5.41 Å². The van der Waals surface area contributed by atoms with Gasteiger partial charge in [-0.05, 0) is 31.9 Å². The van der Waals surface area contributed by atoms with E-state index in [9.17, 15) is 9.90 Å². The molecule has 0 aromatic heterocycles. The van der Waals surface area contributed by atoms with Crippen molar-refractivity contribution >= 4 is 5.97 Å². The van der Waals surface area contributed by atoms with Gasteiger partial charge in [0.1, 0.15) is 0 Å². The molecule has 0 bridgehead atoms. The van der Waals surface area contributed by atoms with Crippen molar-refractivity contribution < 1.29 is 19.4 Å². The molecular weight excluding hydrogens is 282 g/mol. The number of methoxy groups -OCH3 is 2. The third-order valence-corrected chi connectivity index (χ3v) is 4.66. The van der Waals surface area contributed by atoms with E-state index in [1.54, 1.807) is 14.2 Å². The summed E-state index contributed by atoms with van der Waals surface area (Å²) in [6, 6.07) is 5.81. The van der Waals surface area contributed by atoms with Crippen LogP contribution in [0.3, 0.4) is 0 Å². The minimum Gasteiger partial charge on any atom is -0.493 e. The van der Waals surface area contributed by atoms with Crippen LogP contribution in [0.25, 0.3) is 0 Å². The highest BCUT2D eigenvalue weighted by molar-refractivity contribution is 5.75. The fourth-order valence-corrected chi connectivity index (χ4v) is 3.30. The first-order valence-corrected chi connectivity index (χ1v) is 7.72. The molecule has 122 valence electrons. The Bertz CT molecular complexity index is 531. The molecule has 0 radical (unpaired) electrons. The normalized spacial score (nSPS) is 22.3. The molecule has 1 aliphatic rings. The van der Waals surface area contributed by atoms with E-state index in [2.05, 4.69) is 4.90 Å². The number of hydrogen-bond acceptors (Lipinski definition) is 4. The molecule has 5 heteroatoms. The summed E-state index contributed by atoms with van der Waals surface area (Å²) in [5, 5.41) is 9.58. The predicted molar refractivity (Wildman–Crippen MR) is 84.4 cm³/mol. The number of nitrogens with zero attached hydrogens (tertiary/aromatic N) is 1. The Labute approximate surface area is 131 Å². The highest BCUT2D eigenvalue weighted by Crippen LogP contribution is 2.36. The van der Waals surface area contributed by atoms with Gasteiger partial charge < -0.3 is 14.6 Å².